The van der Waals surface area contributed by atoms with Gasteiger partial charge < -0.3 is 14.7 Å². The third kappa shape index (κ3) is 4.13. The second-order valence-corrected chi connectivity index (χ2v) is 9.57. The van der Waals surface area contributed by atoms with Crippen molar-refractivity contribution in [1.29, 1.82) is 0 Å². The van der Waals surface area contributed by atoms with Crippen LogP contribution in [0.5, 0.6) is 0 Å². The lowest BCUT2D eigenvalue weighted by Crippen LogP contribution is -2.55. The topological polar surface area (TPSA) is 95.9 Å². The van der Waals surface area contributed by atoms with Crippen molar-refractivity contribution >= 4 is 46.2 Å². The fourth-order valence-corrected chi connectivity index (χ4v) is 5.26. The van der Waals surface area contributed by atoms with Gasteiger partial charge in [0.15, 0.2) is 0 Å². The van der Waals surface area contributed by atoms with Crippen LogP contribution in [0.2, 0.25) is 0 Å². The van der Waals surface area contributed by atoms with E-state index in [2.05, 4.69) is 52.2 Å². The fraction of sp³-hybridized carbons (Fsp3) is 0.192. The summed E-state index contributed by atoms with van der Waals surface area (Å²) >= 11 is 2.06. The number of nitrogens with zero attached hydrogens (tertiary/aromatic N) is 1. The summed E-state index contributed by atoms with van der Waals surface area (Å²) in [6.45, 7) is 0.583. The highest BCUT2D eigenvalue weighted by atomic mass is 127. The molecule has 3 aromatic rings. The van der Waals surface area contributed by atoms with Crippen molar-refractivity contribution in [3.63, 3.8) is 0 Å². The van der Waals surface area contributed by atoms with Crippen molar-refractivity contribution in [2.24, 2.45) is 0 Å². The maximum Gasteiger partial charge on any atom is 0.411 e. The van der Waals surface area contributed by atoms with Crippen molar-refractivity contribution in [3.8, 4) is 11.1 Å². The zero-order chi connectivity index (χ0) is 23.8. The monoisotopic (exact) mass is 568 g/mol. The summed E-state index contributed by atoms with van der Waals surface area (Å²) < 4.78 is 6.33. The number of carboxylic acid groups (broad SMARTS) is 1. The maximum absolute atomic E-state index is 12.8. The van der Waals surface area contributed by atoms with E-state index in [4.69, 9.17) is 4.74 Å². The van der Waals surface area contributed by atoms with E-state index in [0.717, 1.165) is 25.8 Å². The highest BCUT2D eigenvalue weighted by Gasteiger charge is 2.38. The lowest BCUT2D eigenvalue weighted by molar-refractivity contribution is -0.146. The number of fused-ring (bicyclic) bond motifs is 3. The average Bonchev–Trinajstić information content (AvgIpc) is 3.10. The van der Waals surface area contributed by atoms with Gasteiger partial charge in [0.1, 0.15) is 12.6 Å². The molecule has 0 spiro atoms. The van der Waals surface area contributed by atoms with E-state index in [1.807, 2.05) is 24.3 Å². The van der Waals surface area contributed by atoms with Crippen LogP contribution < -0.4 is 5.32 Å². The summed E-state index contributed by atoms with van der Waals surface area (Å²) in [7, 11) is 0. The van der Waals surface area contributed by atoms with Gasteiger partial charge in [0.05, 0.1) is 0 Å². The number of benzene rings is 3. The number of halogens is 1. The number of hydrogen-bond donors (Lipinski definition) is 2. The molecule has 0 aromatic heterocycles. The molecule has 172 valence electrons. The number of carbonyl (C=O) groups excluding carboxylic acids is 2. The highest BCUT2D eigenvalue weighted by Crippen LogP contribution is 2.44. The van der Waals surface area contributed by atoms with Crippen molar-refractivity contribution in [3.05, 3.63) is 87.0 Å². The molecular weight excluding hydrogens is 547 g/mol. The molecule has 1 saturated heterocycles. The molecule has 34 heavy (non-hydrogen) atoms. The molecule has 5 rings (SSSR count). The van der Waals surface area contributed by atoms with Crippen LogP contribution in [0, 0.1) is 3.57 Å². The predicted octanol–water partition coefficient (Wildman–Crippen LogP) is 4.95. The number of anilines is 1. The van der Waals surface area contributed by atoms with E-state index in [0.29, 0.717) is 24.2 Å². The molecule has 8 heteroatoms. The van der Waals surface area contributed by atoms with Gasteiger partial charge in [-0.2, -0.15) is 0 Å². The summed E-state index contributed by atoms with van der Waals surface area (Å²) in [5.41, 5.74) is 5.30. The van der Waals surface area contributed by atoms with Crippen LogP contribution in [0.25, 0.3) is 11.1 Å². The Labute approximate surface area is 209 Å². The van der Waals surface area contributed by atoms with Crippen LogP contribution in [-0.4, -0.2) is 47.2 Å². The molecule has 2 aliphatic rings. The molecule has 1 unspecified atom stereocenters. The highest BCUT2D eigenvalue weighted by molar-refractivity contribution is 14.1. The van der Waals surface area contributed by atoms with E-state index in [-0.39, 0.29) is 18.4 Å². The van der Waals surface area contributed by atoms with Crippen LogP contribution in [0.4, 0.5) is 10.5 Å². The van der Waals surface area contributed by atoms with Gasteiger partial charge >= 0.3 is 12.1 Å². The van der Waals surface area contributed by atoms with Gasteiger partial charge in [-0.1, -0.05) is 48.5 Å². The number of amides is 2. The molecule has 7 nitrogen and oxygen atoms in total. The van der Waals surface area contributed by atoms with Crippen LogP contribution in [0.15, 0.2) is 66.7 Å². The second kappa shape index (κ2) is 9.09. The molecule has 2 N–H and O–H groups in total. The van der Waals surface area contributed by atoms with Gasteiger partial charge in [-0.05, 0) is 69.5 Å². The Morgan fingerprint density at radius 2 is 1.65 bits per heavy atom. The second-order valence-electron chi connectivity index (χ2n) is 8.32. The van der Waals surface area contributed by atoms with Gasteiger partial charge in [-0.15, -0.1) is 0 Å². The molecule has 0 saturated carbocycles. The van der Waals surface area contributed by atoms with Crippen LogP contribution in [0.1, 0.15) is 33.8 Å². The zero-order valence-corrected chi connectivity index (χ0v) is 20.2. The Morgan fingerprint density at radius 3 is 2.24 bits per heavy atom. The smallest absolute Gasteiger partial charge is 0.411 e. The summed E-state index contributed by atoms with van der Waals surface area (Å²) in [6.07, 6.45) is -0.176. The molecule has 0 radical (unpaired) electrons. The van der Waals surface area contributed by atoms with Gasteiger partial charge in [0.25, 0.3) is 5.91 Å². The lowest BCUT2D eigenvalue weighted by atomic mass is 9.98. The Kier molecular flexibility index (Phi) is 5.99. The van der Waals surface area contributed by atoms with Crippen molar-refractivity contribution < 1.29 is 24.2 Å². The van der Waals surface area contributed by atoms with E-state index in [1.165, 1.54) is 4.90 Å². The number of nitrogens with one attached hydrogen (secondary N) is 1. The summed E-state index contributed by atoms with van der Waals surface area (Å²) in [6, 6.07) is 20.4. The maximum atomic E-state index is 12.8. The third-order valence-electron chi connectivity index (χ3n) is 6.30. The first-order valence-electron chi connectivity index (χ1n) is 10.9. The molecular formula is C26H21IN2O5. The number of ether oxygens (including phenoxy) is 1. The van der Waals surface area contributed by atoms with Crippen molar-refractivity contribution in [2.75, 3.05) is 18.5 Å². The predicted molar refractivity (Wildman–Crippen MR) is 135 cm³/mol. The van der Waals surface area contributed by atoms with Crippen molar-refractivity contribution in [1.82, 2.24) is 4.90 Å². The Morgan fingerprint density at radius 1 is 1.00 bits per heavy atom. The van der Waals surface area contributed by atoms with E-state index >= 15 is 0 Å². The minimum Gasteiger partial charge on any atom is -0.480 e. The van der Waals surface area contributed by atoms with E-state index in [1.54, 1.807) is 18.2 Å². The summed E-state index contributed by atoms with van der Waals surface area (Å²) in [5.74, 6) is -1.43. The van der Waals surface area contributed by atoms with Crippen LogP contribution in [0.3, 0.4) is 0 Å². The molecule has 1 fully saturated rings. The first-order chi connectivity index (χ1) is 16.4. The van der Waals surface area contributed by atoms with Gasteiger partial charge in [0.2, 0.25) is 0 Å². The molecule has 3 aromatic carbocycles. The number of carboxylic acids is 1. The number of rotatable bonds is 5. The minimum atomic E-state index is -1.01. The summed E-state index contributed by atoms with van der Waals surface area (Å²) in [4.78, 5) is 38.0. The Balaban J connectivity index is 1.28. The molecule has 0 bridgehead atoms. The van der Waals surface area contributed by atoms with Gasteiger partial charge in [0, 0.05) is 27.3 Å². The summed E-state index contributed by atoms with van der Waals surface area (Å²) in [5, 5.41) is 11.9. The molecule has 1 aliphatic heterocycles. The van der Waals surface area contributed by atoms with Crippen LogP contribution >= 0.6 is 22.6 Å². The number of aliphatic carboxylic acids is 1. The fourth-order valence-electron chi connectivity index (χ4n) is 4.59. The average molecular weight is 568 g/mol. The molecule has 2 amide bonds. The number of hydrogen-bond acceptors (Lipinski definition) is 4. The van der Waals surface area contributed by atoms with Gasteiger partial charge in [-0.3, -0.25) is 10.1 Å². The standard InChI is InChI=1S/C26H21IN2O5/c27-16-11-15(24(30)29-10-9-23(29)25(31)32)12-17(13-16)28-26(33)34-14-22-20-7-3-1-5-18(20)19-6-2-4-8-21(19)22/h1-8,11-13,22-23H,9-10,14H2,(H,28,33)(H,31,32). The molecule has 1 atom stereocenters. The van der Waals surface area contributed by atoms with Crippen LogP contribution in [-0.2, 0) is 9.53 Å². The van der Waals surface area contributed by atoms with E-state index < -0.39 is 18.1 Å². The minimum absolute atomic E-state index is 0.0504. The first-order valence-corrected chi connectivity index (χ1v) is 12.0. The van der Waals surface area contributed by atoms with Gasteiger partial charge in [-0.25, -0.2) is 9.59 Å². The van der Waals surface area contributed by atoms with E-state index in [9.17, 15) is 19.5 Å². The quantitative estimate of drug-likeness (QED) is 0.425. The zero-order valence-electron chi connectivity index (χ0n) is 18.0. The molecule has 1 aliphatic carbocycles. The number of carbonyl (C=O) groups is 3. The Hall–Kier alpha value is -3.40. The first kappa shape index (κ1) is 22.4. The lowest BCUT2D eigenvalue weighted by Gasteiger charge is -2.38. The normalized spacial score (nSPS) is 16.3. The SMILES string of the molecule is O=C(Nc1cc(I)cc(C(=O)N2CCC2C(=O)O)c1)OCC1c2ccccc2-c2ccccc21. The van der Waals surface area contributed by atoms with Crippen molar-refractivity contribution in [2.45, 2.75) is 18.4 Å². The largest absolute Gasteiger partial charge is 0.480 e. The molecule has 1 heterocycles. The number of likely N-dealkylation sites (tertiary alicyclic amines) is 1. The third-order valence-corrected chi connectivity index (χ3v) is 6.92. The Bertz CT molecular complexity index is 1260.